The Morgan fingerprint density at radius 1 is 1.43 bits per heavy atom. The van der Waals surface area contributed by atoms with Gasteiger partial charge in [0, 0.05) is 18.5 Å². The van der Waals surface area contributed by atoms with Gasteiger partial charge in [0.25, 0.3) is 0 Å². The monoisotopic (exact) mass is 288 g/mol. The molecule has 0 aliphatic carbocycles. The first kappa shape index (κ1) is 13.9. The zero-order valence-corrected chi connectivity index (χ0v) is 12.1. The van der Waals surface area contributed by atoms with Crippen molar-refractivity contribution >= 4 is 17.0 Å². The molecule has 2 N–H and O–H groups in total. The SMILES string of the molecule is CC(NC(=O)NCC1CCCO1)c1cc2ccccc2o1. The van der Waals surface area contributed by atoms with Gasteiger partial charge in [-0.05, 0) is 31.9 Å². The molecule has 2 heterocycles. The van der Waals surface area contributed by atoms with Crippen LogP contribution in [0.25, 0.3) is 11.0 Å². The van der Waals surface area contributed by atoms with Crippen LogP contribution in [0.2, 0.25) is 0 Å². The van der Waals surface area contributed by atoms with Gasteiger partial charge in [-0.1, -0.05) is 18.2 Å². The molecule has 1 aromatic carbocycles. The number of urea groups is 1. The van der Waals surface area contributed by atoms with Gasteiger partial charge in [-0.3, -0.25) is 0 Å². The van der Waals surface area contributed by atoms with E-state index in [2.05, 4.69) is 10.6 Å². The van der Waals surface area contributed by atoms with E-state index in [1.165, 1.54) is 0 Å². The number of amides is 2. The summed E-state index contributed by atoms with van der Waals surface area (Å²) in [7, 11) is 0. The summed E-state index contributed by atoms with van der Waals surface area (Å²) in [5, 5.41) is 6.77. The quantitative estimate of drug-likeness (QED) is 0.909. The second-order valence-corrected chi connectivity index (χ2v) is 5.40. The molecule has 2 aromatic rings. The lowest BCUT2D eigenvalue weighted by Crippen LogP contribution is -2.40. The average Bonchev–Trinajstić information content (AvgIpc) is 3.14. The molecule has 0 radical (unpaired) electrons. The van der Waals surface area contributed by atoms with E-state index in [1.807, 2.05) is 37.3 Å². The zero-order chi connectivity index (χ0) is 14.7. The molecule has 2 unspecified atom stereocenters. The second kappa shape index (κ2) is 6.18. The predicted molar refractivity (Wildman–Crippen MR) is 80.1 cm³/mol. The van der Waals surface area contributed by atoms with Gasteiger partial charge in [-0.15, -0.1) is 0 Å². The number of ether oxygens (including phenoxy) is 1. The first-order valence-electron chi connectivity index (χ1n) is 7.37. The molecule has 1 saturated heterocycles. The number of hydrogen-bond donors (Lipinski definition) is 2. The highest BCUT2D eigenvalue weighted by molar-refractivity contribution is 5.78. The molecule has 5 heteroatoms. The third-order valence-corrected chi connectivity index (χ3v) is 3.73. The third-order valence-electron chi connectivity index (χ3n) is 3.73. The van der Waals surface area contributed by atoms with Crippen molar-refractivity contribution < 1.29 is 13.9 Å². The molecule has 3 rings (SSSR count). The van der Waals surface area contributed by atoms with Crippen molar-refractivity contribution in [2.45, 2.75) is 31.9 Å². The lowest BCUT2D eigenvalue weighted by molar-refractivity contribution is 0.111. The molecule has 5 nitrogen and oxygen atoms in total. The summed E-state index contributed by atoms with van der Waals surface area (Å²) in [5.41, 5.74) is 0.834. The lowest BCUT2D eigenvalue weighted by Gasteiger charge is -2.14. The van der Waals surface area contributed by atoms with Gasteiger partial charge < -0.3 is 19.8 Å². The zero-order valence-electron chi connectivity index (χ0n) is 12.1. The second-order valence-electron chi connectivity index (χ2n) is 5.40. The number of furan rings is 1. The minimum atomic E-state index is -0.196. The van der Waals surface area contributed by atoms with Gasteiger partial charge in [0.15, 0.2) is 0 Å². The van der Waals surface area contributed by atoms with Crippen LogP contribution < -0.4 is 10.6 Å². The van der Waals surface area contributed by atoms with Crippen molar-refractivity contribution in [2.24, 2.45) is 0 Å². The molecule has 1 aliphatic heterocycles. The van der Waals surface area contributed by atoms with E-state index >= 15 is 0 Å². The molecule has 0 bridgehead atoms. The van der Waals surface area contributed by atoms with Crippen LogP contribution in [-0.2, 0) is 4.74 Å². The number of carbonyl (C=O) groups is 1. The summed E-state index contributed by atoms with van der Waals surface area (Å²) < 4.78 is 11.2. The Hall–Kier alpha value is -2.01. The minimum absolute atomic E-state index is 0.150. The maximum absolute atomic E-state index is 11.9. The van der Waals surface area contributed by atoms with Gasteiger partial charge in [0.05, 0.1) is 12.1 Å². The number of fused-ring (bicyclic) bond motifs is 1. The predicted octanol–water partition coefficient (Wildman–Crippen LogP) is 2.97. The molecule has 112 valence electrons. The molecule has 1 fully saturated rings. The van der Waals surface area contributed by atoms with Crippen molar-refractivity contribution in [2.75, 3.05) is 13.2 Å². The third kappa shape index (κ3) is 3.36. The van der Waals surface area contributed by atoms with E-state index in [4.69, 9.17) is 9.15 Å². The van der Waals surface area contributed by atoms with Gasteiger partial charge >= 0.3 is 6.03 Å². The van der Waals surface area contributed by atoms with E-state index in [-0.39, 0.29) is 18.2 Å². The number of benzene rings is 1. The number of rotatable bonds is 4. The van der Waals surface area contributed by atoms with E-state index in [0.717, 1.165) is 36.2 Å². The lowest BCUT2D eigenvalue weighted by atomic mass is 10.2. The standard InChI is InChI=1S/C16H20N2O3/c1-11(15-9-12-5-2-3-7-14(12)21-15)18-16(19)17-10-13-6-4-8-20-13/h2-3,5,7,9,11,13H,4,6,8,10H2,1H3,(H2,17,18,19). The molecule has 0 spiro atoms. The van der Waals surface area contributed by atoms with Crippen LogP contribution in [0.4, 0.5) is 4.79 Å². The Balaban J connectivity index is 1.54. The van der Waals surface area contributed by atoms with E-state index in [0.29, 0.717) is 6.54 Å². The maximum atomic E-state index is 11.9. The Labute approximate surface area is 123 Å². The number of para-hydroxylation sites is 1. The van der Waals surface area contributed by atoms with Gasteiger partial charge in [-0.25, -0.2) is 4.79 Å². The largest absolute Gasteiger partial charge is 0.459 e. The first-order valence-corrected chi connectivity index (χ1v) is 7.37. The van der Waals surface area contributed by atoms with Crippen LogP contribution in [0.5, 0.6) is 0 Å². The van der Waals surface area contributed by atoms with Crippen molar-refractivity contribution in [3.63, 3.8) is 0 Å². The maximum Gasteiger partial charge on any atom is 0.315 e. The van der Waals surface area contributed by atoms with Gasteiger partial charge in [-0.2, -0.15) is 0 Å². The fourth-order valence-electron chi connectivity index (χ4n) is 2.55. The van der Waals surface area contributed by atoms with Crippen LogP contribution in [-0.4, -0.2) is 25.3 Å². The highest BCUT2D eigenvalue weighted by Gasteiger charge is 2.18. The summed E-state index contributed by atoms with van der Waals surface area (Å²) in [5.74, 6) is 0.753. The van der Waals surface area contributed by atoms with Crippen LogP contribution in [0.15, 0.2) is 34.7 Å². The Morgan fingerprint density at radius 3 is 3.05 bits per heavy atom. The smallest absolute Gasteiger partial charge is 0.315 e. The highest BCUT2D eigenvalue weighted by Crippen LogP contribution is 2.23. The summed E-state index contributed by atoms with van der Waals surface area (Å²) in [4.78, 5) is 11.9. The molecule has 1 aromatic heterocycles. The topological polar surface area (TPSA) is 63.5 Å². The van der Waals surface area contributed by atoms with Gasteiger partial charge in [0.2, 0.25) is 0 Å². The summed E-state index contributed by atoms with van der Waals surface area (Å²) in [6, 6.07) is 9.40. The van der Waals surface area contributed by atoms with Crippen molar-refractivity contribution in [3.8, 4) is 0 Å². The van der Waals surface area contributed by atoms with Crippen molar-refractivity contribution in [1.29, 1.82) is 0 Å². The molecule has 1 aliphatic rings. The van der Waals surface area contributed by atoms with Crippen LogP contribution in [0.3, 0.4) is 0 Å². The van der Waals surface area contributed by atoms with E-state index < -0.39 is 0 Å². The van der Waals surface area contributed by atoms with Crippen LogP contribution in [0.1, 0.15) is 31.6 Å². The molecule has 2 amide bonds. The van der Waals surface area contributed by atoms with Crippen molar-refractivity contribution in [3.05, 3.63) is 36.1 Å². The van der Waals surface area contributed by atoms with Crippen molar-refractivity contribution in [1.82, 2.24) is 10.6 Å². The van der Waals surface area contributed by atoms with E-state index in [9.17, 15) is 4.79 Å². The molecular weight excluding hydrogens is 268 g/mol. The van der Waals surface area contributed by atoms with Crippen LogP contribution in [0, 0.1) is 0 Å². The highest BCUT2D eigenvalue weighted by atomic mass is 16.5. The summed E-state index contributed by atoms with van der Waals surface area (Å²) >= 11 is 0. The molecule has 0 saturated carbocycles. The Morgan fingerprint density at radius 2 is 2.29 bits per heavy atom. The normalized spacial score (nSPS) is 19.6. The van der Waals surface area contributed by atoms with E-state index in [1.54, 1.807) is 0 Å². The van der Waals surface area contributed by atoms with Gasteiger partial charge in [0.1, 0.15) is 11.3 Å². The Bertz CT molecular complexity index is 584. The molecular formula is C16H20N2O3. The van der Waals surface area contributed by atoms with Crippen LogP contribution >= 0.6 is 0 Å². The first-order chi connectivity index (χ1) is 10.2. The number of nitrogens with one attached hydrogen (secondary N) is 2. The fourth-order valence-corrected chi connectivity index (χ4v) is 2.55. The number of hydrogen-bond acceptors (Lipinski definition) is 3. The Kier molecular flexibility index (Phi) is 4.10. The average molecular weight is 288 g/mol. The number of carbonyl (C=O) groups excluding carboxylic acids is 1. The summed E-state index contributed by atoms with van der Waals surface area (Å²) in [6.45, 7) is 3.26. The minimum Gasteiger partial charge on any atom is -0.459 e. The summed E-state index contributed by atoms with van der Waals surface area (Å²) in [6.07, 6.45) is 2.24. The molecule has 21 heavy (non-hydrogen) atoms. The fraction of sp³-hybridized carbons (Fsp3) is 0.438. The molecule has 2 atom stereocenters.